The van der Waals surface area contributed by atoms with Crippen LogP contribution in [0.25, 0.3) is 0 Å². The number of rotatable bonds is 5. The molecule has 5 heteroatoms. The van der Waals surface area contributed by atoms with E-state index in [0.717, 1.165) is 37.1 Å². The van der Waals surface area contributed by atoms with Crippen molar-refractivity contribution < 1.29 is 9.90 Å². The van der Waals surface area contributed by atoms with Gasteiger partial charge in [0.25, 0.3) is 0 Å². The van der Waals surface area contributed by atoms with Crippen LogP contribution in [0.2, 0.25) is 0 Å². The molecule has 1 atom stereocenters. The first kappa shape index (κ1) is 15.8. The fourth-order valence-corrected chi connectivity index (χ4v) is 2.79. The lowest BCUT2D eigenvalue weighted by Crippen LogP contribution is -2.43. The molecule has 0 bridgehead atoms. The monoisotopic (exact) mass is 291 g/mol. The number of likely N-dealkylation sites (tertiary alicyclic amines) is 1. The van der Waals surface area contributed by atoms with Gasteiger partial charge in [-0.15, -0.1) is 0 Å². The van der Waals surface area contributed by atoms with Crippen LogP contribution in [0.4, 0.5) is 11.4 Å². The lowest BCUT2D eigenvalue weighted by atomic mass is 10.0. The first-order valence-electron chi connectivity index (χ1n) is 7.61. The molecular formula is C16H25N3O2. The Kier molecular flexibility index (Phi) is 5.59. The highest BCUT2D eigenvalue weighted by molar-refractivity contribution is 5.92. The summed E-state index contributed by atoms with van der Waals surface area (Å²) in [6.07, 6.45) is 3.76. The number of nitrogen functional groups attached to an aromatic ring is 1. The maximum absolute atomic E-state index is 12.1. The summed E-state index contributed by atoms with van der Waals surface area (Å²) in [7, 11) is 0. The minimum atomic E-state index is -0.00837. The highest BCUT2D eigenvalue weighted by atomic mass is 16.3. The number of nitrogens with two attached hydrogens (primary N) is 1. The third-order valence-electron chi connectivity index (χ3n) is 4.12. The van der Waals surface area contributed by atoms with Gasteiger partial charge in [0.1, 0.15) is 0 Å². The molecule has 0 saturated carbocycles. The van der Waals surface area contributed by atoms with Crippen molar-refractivity contribution in [3.8, 4) is 0 Å². The Morgan fingerprint density at radius 2 is 2.29 bits per heavy atom. The van der Waals surface area contributed by atoms with Gasteiger partial charge in [-0.25, -0.2) is 0 Å². The smallest absolute Gasteiger partial charge is 0.225 e. The van der Waals surface area contributed by atoms with Crippen LogP contribution in [0.15, 0.2) is 18.2 Å². The van der Waals surface area contributed by atoms with E-state index in [0.29, 0.717) is 18.7 Å². The van der Waals surface area contributed by atoms with Crippen molar-refractivity contribution in [2.45, 2.75) is 38.6 Å². The summed E-state index contributed by atoms with van der Waals surface area (Å²) < 4.78 is 0. The predicted molar refractivity (Wildman–Crippen MR) is 85.1 cm³/mol. The van der Waals surface area contributed by atoms with Crippen LogP contribution in [0.5, 0.6) is 0 Å². The lowest BCUT2D eigenvalue weighted by molar-refractivity contribution is -0.116. The first-order valence-corrected chi connectivity index (χ1v) is 7.61. The van der Waals surface area contributed by atoms with Crippen LogP contribution in [-0.2, 0) is 4.79 Å². The molecule has 0 spiro atoms. The average Bonchev–Trinajstić information content (AvgIpc) is 2.49. The standard InChI is InChI=1S/C16H25N3O2/c1-12-5-6-13(17)10-15(12)18-16(21)7-9-19-8-3-2-4-14(19)11-20/h5-6,10,14,20H,2-4,7-9,11,17H2,1H3,(H,18,21). The van der Waals surface area contributed by atoms with Gasteiger partial charge in [-0.3, -0.25) is 9.69 Å². The summed E-state index contributed by atoms with van der Waals surface area (Å²) in [5, 5.41) is 12.3. The Bertz CT molecular complexity index is 490. The molecule has 0 aromatic heterocycles. The summed E-state index contributed by atoms with van der Waals surface area (Å²) in [4.78, 5) is 14.3. The second-order valence-corrected chi connectivity index (χ2v) is 5.74. The fourth-order valence-electron chi connectivity index (χ4n) is 2.79. The van der Waals surface area contributed by atoms with E-state index in [2.05, 4.69) is 10.2 Å². The Hall–Kier alpha value is -1.59. The highest BCUT2D eigenvalue weighted by Crippen LogP contribution is 2.19. The van der Waals surface area contributed by atoms with Crippen LogP contribution in [0.3, 0.4) is 0 Å². The second-order valence-electron chi connectivity index (χ2n) is 5.74. The number of aliphatic hydroxyl groups excluding tert-OH is 1. The molecular weight excluding hydrogens is 266 g/mol. The number of carbonyl (C=O) groups is 1. The molecule has 4 N–H and O–H groups in total. The van der Waals surface area contributed by atoms with Crippen molar-refractivity contribution in [3.05, 3.63) is 23.8 Å². The highest BCUT2D eigenvalue weighted by Gasteiger charge is 2.21. The molecule has 5 nitrogen and oxygen atoms in total. The zero-order valence-corrected chi connectivity index (χ0v) is 12.6. The zero-order chi connectivity index (χ0) is 15.2. The predicted octanol–water partition coefficient (Wildman–Crippen LogP) is 1.75. The van der Waals surface area contributed by atoms with E-state index in [9.17, 15) is 9.90 Å². The number of hydrogen-bond donors (Lipinski definition) is 3. The number of nitrogens with one attached hydrogen (secondary N) is 1. The molecule has 1 saturated heterocycles. The molecule has 1 unspecified atom stereocenters. The number of aliphatic hydroxyl groups is 1. The van der Waals surface area contributed by atoms with Gasteiger partial charge in [0, 0.05) is 30.4 Å². The van der Waals surface area contributed by atoms with Crippen LogP contribution < -0.4 is 11.1 Å². The van der Waals surface area contributed by atoms with E-state index in [1.54, 1.807) is 6.07 Å². The molecule has 0 radical (unpaired) electrons. The van der Waals surface area contributed by atoms with Gasteiger partial charge < -0.3 is 16.2 Å². The normalized spacial score (nSPS) is 19.4. The van der Waals surface area contributed by atoms with Crippen LogP contribution in [-0.4, -0.2) is 41.7 Å². The molecule has 1 aromatic rings. The van der Waals surface area contributed by atoms with E-state index in [4.69, 9.17) is 5.73 Å². The summed E-state index contributed by atoms with van der Waals surface area (Å²) in [5.74, 6) is -0.00837. The minimum absolute atomic E-state index is 0.00837. The minimum Gasteiger partial charge on any atom is -0.399 e. The maximum atomic E-state index is 12.1. The molecule has 116 valence electrons. The van der Waals surface area contributed by atoms with Gasteiger partial charge in [-0.1, -0.05) is 12.5 Å². The number of amides is 1. The van der Waals surface area contributed by atoms with E-state index >= 15 is 0 Å². The Morgan fingerprint density at radius 1 is 1.48 bits per heavy atom. The number of carbonyl (C=O) groups excluding carboxylic acids is 1. The lowest BCUT2D eigenvalue weighted by Gasteiger charge is -2.34. The number of nitrogens with zero attached hydrogens (tertiary/aromatic N) is 1. The van der Waals surface area contributed by atoms with Gasteiger partial charge in [0.05, 0.1) is 6.61 Å². The molecule has 1 heterocycles. The quantitative estimate of drug-likeness (QED) is 0.722. The molecule has 1 aliphatic heterocycles. The van der Waals surface area contributed by atoms with Gasteiger partial charge >= 0.3 is 0 Å². The van der Waals surface area contributed by atoms with Gasteiger partial charge in [0.2, 0.25) is 5.91 Å². The number of anilines is 2. The Labute approximate surface area is 126 Å². The molecule has 0 aliphatic carbocycles. The van der Waals surface area contributed by atoms with E-state index in [1.165, 1.54) is 0 Å². The van der Waals surface area contributed by atoms with Crippen molar-refractivity contribution in [1.29, 1.82) is 0 Å². The largest absolute Gasteiger partial charge is 0.399 e. The van der Waals surface area contributed by atoms with E-state index in [1.807, 2.05) is 19.1 Å². The number of hydrogen-bond acceptors (Lipinski definition) is 4. The molecule has 1 aromatic carbocycles. The zero-order valence-electron chi connectivity index (χ0n) is 12.6. The van der Waals surface area contributed by atoms with Crippen LogP contribution >= 0.6 is 0 Å². The molecule has 2 rings (SSSR count). The Morgan fingerprint density at radius 3 is 3.05 bits per heavy atom. The van der Waals surface area contributed by atoms with Crippen molar-refractivity contribution in [2.75, 3.05) is 30.7 Å². The molecule has 1 amide bonds. The topological polar surface area (TPSA) is 78.6 Å². The number of aryl methyl sites for hydroxylation is 1. The first-order chi connectivity index (χ1) is 10.1. The SMILES string of the molecule is Cc1ccc(N)cc1NC(=O)CCN1CCCCC1CO. The summed E-state index contributed by atoms with van der Waals surface area (Å²) >= 11 is 0. The van der Waals surface area contributed by atoms with Crippen molar-refractivity contribution in [3.63, 3.8) is 0 Å². The van der Waals surface area contributed by atoms with E-state index in [-0.39, 0.29) is 18.6 Å². The van der Waals surface area contributed by atoms with Crippen molar-refractivity contribution in [2.24, 2.45) is 0 Å². The number of benzene rings is 1. The maximum Gasteiger partial charge on any atom is 0.225 e. The second kappa shape index (κ2) is 7.43. The van der Waals surface area contributed by atoms with Crippen molar-refractivity contribution >= 4 is 17.3 Å². The third-order valence-corrected chi connectivity index (χ3v) is 4.12. The van der Waals surface area contributed by atoms with Crippen molar-refractivity contribution in [1.82, 2.24) is 4.90 Å². The third kappa shape index (κ3) is 4.44. The van der Waals surface area contributed by atoms with E-state index < -0.39 is 0 Å². The number of piperidine rings is 1. The van der Waals surface area contributed by atoms with Crippen LogP contribution in [0, 0.1) is 6.92 Å². The van der Waals surface area contributed by atoms with Gasteiger partial charge in [-0.05, 0) is 44.0 Å². The van der Waals surface area contributed by atoms with Crippen LogP contribution in [0.1, 0.15) is 31.2 Å². The van der Waals surface area contributed by atoms with Gasteiger partial charge in [-0.2, -0.15) is 0 Å². The summed E-state index contributed by atoms with van der Waals surface area (Å²) in [6.45, 7) is 3.78. The summed E-state index contributed by atoms with van der Waals surface area (Å²) in [5.41, 5.74) is 8.17. The summed E-state index contributed by atoms with van der Waals surface area (Å²) in [6, 6.07) is 5.72. The fraction of sp³-hybridized carbons (Fsp3) is 0.562. The Balaban J connectivity index is 1.85. The van der Waals surface area contributed by atoms with Gasteiger partial charge in [0.15, 0.2) is 0 Å². The average molecular weight is 291 g/mol. The molecule has 1 fully saturated rings. The molecule has 1 aliphatic rings. The molecule has 21 heavy (non-hydrogen) atoms.